The van der Waals surface area contributed by atoms with Gasteiger partial charge >= 0.3 is 0 Å². The van der Waals surface area contributed by atoms with Gasteiger partial charge in [-0.05, 0) is 56.0 Å². The minimum absolute atomic E-state index is 0.0993. The van der Waals surface area contributed by atoms with Gasteiger partial charge in [-0.2, -0.15) is 5.10 Å². The molecule has 6 nitrogen and oxygen atoms in total. The molecule has 7 heteroatoms. The van der Waals surface area contributed by atoms with Crippen molar-refractivity contribution in [2.24, 2.45) is 0 Å². The highest BCUT2D eigenvalue weighted by Crippen LogP contribution is 2.19. The summed E-state index contributed by atoms with van der Waals surface area (Å²) in [6, 6.07) is 8.32. The fourth-order valence-electron chi connectivity index (χ4n) is 3.59. The Kier molecular flexibility index (Phi) is 7.38. The molecule has 1 aromatic carbocycles. The maximum atomic E-state index is 13.0. The van der Waals surface area contributed by atoms with Crippen LogP contribution in [0.5, 0.6) is 0 Å². The predicted octanol–water partition coefficient (Wildman–Crippen LogP) is 3.40. The lowest BCUT2D eigenvalue weighted by molar-refractivity contribution is -0.132. The molecule has 0 saturated carbocycles. The Morgan fingerprint density at radius 3 is 2.76 bits per heavy atom. The molecule has 0 unspecified atom stereocenters. The molecule has 1 aliphatic heterocycles. The Bertz CT molecular complexity index is 818. The molecule has 1 fully saturated rings. The maximum Gasteiger partial charge on any atom is 0.224 e. The molecular formula is C22H29FN4O2. The van der Waals surface area contributed by atoms with Crippen molar-refractivity contribution >= 4 is 11.8 Å². The van der Waals surface area contributed by atoms with Crippen molar-refractivity contribution < 1.29 is 14.0 Å². The molecule has 1 aromatic heterocycles. The van der Waals surface area contributed by atoms with Crippen LogP contribution in [0.3, 0.4) is 0 Å². The molecule has 2 amide bonds. The largest absolute Gasteiger partial charge is 0.346 e. The van der Waals surface area contributed by atoms with Crippen LogP contribution in [0.1, 0.15) is 44.2 Å². The van der Waals surface area contributed by atoms with E-state index in [4.69, 9.17) is 0 Å². The zero-order valence-corrected chi connectivity index (χ0v) is 17.0. The quantitative estimate of drug-likeness (QED) is 0.622. The summed E-state index contributed by atoms with van der Waals surface area (Å²) in [4.78, 5) is 27.3. The van der Waals surface area contributed by atoms with E-state index in [-0.39, 0.29) is 17.6 Å². The summed E-state index contributed by atoms with van der Waals surface area (Å²) in [6.07, 6.45) is 5.80. The van der Waals surface area contributed by atoms with Crippen LogP contribution in [0.25, 0.3) is 11.3 Å². The van der Waals surface area contributed by atoms with Crippen LogP contribution in [-0.2, 0) is 16.0 Å². The Hall–Kier alpha value is -2.70. The predicted molar refractivity (Wildman–Crippen MR) is 110 cm³/mol. The SMILES string of the molecule is CN(CCCCCc1cc(-c2ccc(F)cc2)n[nH]1)C(=O)CCN1CCCC1=O. The number of unbranched alkanes of at least 4 members (excludes halogenated alkanes) is 2. The van der Waals surface area contributed by atoms with E-state index in [9.17, 15) is 14.0 Å². The molecule has 1 saturated heterocycles. The second kappa shape index (κ2) is 10.2. The third-order valence-corrected chi connectivity index (χ3v) is 5.40. The summed E-state index contributed by atoms with van der Waals surface area (Å²) in [6.45, 7) is 2.06. The van der Waals surface area contributed by atoms with Gasteiger partial charge in [-0.1, -0.05) is 6.42 Å². The van der Waals surface area contributed by atoms with Gasteiger partial charge in [0, 0.05) is 50.8 Å². The minimum Gasteiger partial charge on any atom is -0.346 e. The topological polar surface area (TPSA) is 69.3 Å². The van der Waals surface area contributed by atoms with Gasteiger partial charge in [0.15, 0.2) is 0 Å². The van der Waals surface area contributed by atoms with E-state index in [0.717, 1.165) is 62.1 Å². The van der Waals surface area contributed by atoms with Gasteiger partial charge in [0.25, 0.3) is 0 Å². The van der Waals surface area contributed by atoms with Crippen molar-refractivity contribution in [3.63, 3.8) is 0 Å². The normalized spacial score (nSPS) is 13.9. The molecule has 0 bridgehead atoms. The number of carbonyl (C=O) groups excluding carboxylic acids is 2. The third-order valence-electron chi connectivity index (χ3n) is 5.40. The van der Waals surface area contributed by atoms with Crippen LogP contribution in [0.15, 0.2) is 30.3 Å². The van der Waals surface area contributed by atoms with E-state index in [2.05, 4.69) is 10.2 Å². The monoisotopic (exact) mass is 400 g/mol. The van der Waals surface area contributed by atoms with E-state index >= 15 is 0 Å². The molecule has 1 aliphatic rings. The number of nitrogens with zero attached hydrogens (tertiary/aromatic N) is 3. The number of carbonyl (C=O) groups is 2. The highest BCUT2D eigenvalue weighted by Gasteiger charge is 2.21. The van der Waals surface area contributed by atoms with E-state index in [1.807, 2.05) is 13.1 Å². The van der Waals surface area contributed by atoms with Crippen LogP contribution in [0, 0.1) is 5.82 Å². The first kappa shape index (κ1) is 21.0. The molecular weight excluding hydrogens is 371 g/mol. The molecule has 2 heterocycles. The number of H-pyrrole nitrogens is 1. The second-order valence-corrected chi connectivity index (χ2v) is 7.65. The van der Waals surface area contributed by atoms with Crippen LogP contribution in [0.4, 0.5) is 4.39 Å². The number of rotatable bonds is 10. The van der Waals surface area contributed by atoms with E-state index < -0.39 is 0 Å². The number of nitrogens with one attached hydrogen (secondary N) is 1. The lowest BCUT2D eigenvalue weighted by Crippen LogP contribution is -2.33. The summed E-state index contributed by atoms with van der Waals surface area (Å²) in [7, 11) is 1.83. The highest BCUT2D eigenvalue weighted by atomic mass is 19.1. The zero-order chi connectivity index (χ0) is 20.6. The second-order valence-electron chi connectivity index (χ2n) is 7.65. The molecule has 0 spiro atoms. The summed E-state index contributed by atoms with van der Waals surface area (Å²) in [5.74, 6) is 0.0153. The van der Waals surface area contributed by atoms with Crippen molar-refractivity contribution in [2.45, 2.75) is 44.9 Å². The smallest absolute Gasteiger partial charge is 0.224 e. The summed E-state index contributed by atoms with van der Waals surface area (Å²) in [5, 5.41) is 7.34. The zero-order valence-electron chi connectivity index (χ0n) is 17.0. The van der Waals surface area contributed by atoms with Crippen molar-refractivity contribution in [3.05, 3.63) is 41.8 Å². The fourth-order valence-corrected chi connectivity index (χ4v) is 3.59. The lowest BCUT2D eigenvalue weighted by Gasteiger charge is -2.20. The molecule has 3 rings (SSSR count). The summed E-state index contributed by atoms with van der Waals surface area (Å²) in [5.41, 5.74) is 2.77. The van der Waals surface area contributed by atoms with Crippen molar-refractivity contribution in [2.75, 3.05) is 26.7 Å². The molecule has 29 heavy (non-hydrogen) atoms. The molecule has 0 atom stereocenters. The molecule has 156 valence electrons. The first-order valence-corrected chi connectivity index (χ1v) is 10.3. The van der Waals surface area contributed by atoms with Crippen molar-refractivity contribution in [1.29, 1.82) is 0 Å². The average Bonchev–Trinajstić information content (AvgIpc) is 3.35. The molecule has 0 aliphatic carbocycles. The summed E-state index contributed by atoms with van der Waals surface area (Å²) < 4.78 is 13.0. The highest BCUT2D eigenvalue weighted by molar-refractivity contribution is 5.80. The lowest BCUT2D eigenvalue weighted by atomic mass is 10.1. The number of hydrogen-bond acceptors (Lipinski definition) is 3. The van der Waals surface area contributed by atoms with E-state index in [1.165, 1.54) is 12.1 Å². The van der Waals surface area contributed by atoms with E-state index in [0.29, 0.717) is 19.4 Å². The number of aryl methyl sites for hydroxylation is 1. The number of amides is 2. The van der Waals surface area contributed by atoms with E-state index in [1.54, 1.807) is 21.9 Å². The Morgan fingerprint density at radius 1 is 1.24 bits per heavy atom. The Balaban J connectivity index is 1.31. The van der Waals surface area contributed by atoms with Crippen molar-refractivity contribution in [1.82, 2.24) is 20.0 Å². The number of aromatic nitrogens is 2. The van der Waals surface area contributed by atoms with Gasteiger partial charge in [0.2, 0.25) is 11.8 Å². The fraction of sp³-hybridized carbons (Fsp3) is 0.500. The maximum absolute atomic E-state index is 13.0. The van der Waals surface area contributed by atoms with Crippen LogP contribution in [-0.4, -0.2) is 58.5 Å². The first-order chi connectivity index (χ1) is 14.0. The molecule has 2 aromatic rings. The summed E-state index contributed by atoms with van der Waals surface area (Å²) >= 11 is 0. The van der Waals surface area contributed by atoms with Gasteiger partial charge in [0.05, 0.1) is 5.69 Å². The van der Waals surface area contributed by atoms with Gasteiger partial charge in [-0.25, -0.2) is 4.39 Å². The number of aromatic amines is 1. The van der Waals surface area contributed by atoms with Gasteiger partial charge in [-0.15, -0.1) is 0 Å². The number of halogens is 1. The average molecular weight is 400 g/mol. The number of likely N-dealkylation sites (tertiary alicyclic amines) is 1. The van der Waals surface area contributed by atoms with Crippen molar-refractivity contribution in [3.8, 4) is 11.3 Å². The molecule has 1 N–H and O–H groups in total. The van der Waals surface area contributed by atoms with Gasteiger partial charge < -0.3 is 9.80 Å². The Labute approximate surface area is 171 Å². The minimum atomic E-state index is -0.252. The molecule has 0 radical (unpaired) electrons. The third kappa shape index (κ3) is 6.14. The van der Waals surface area contributed by atoms with Gasteiger partial charge in [-0.3, -0.25) is 14.7 Å². The van der Waals surface area contributed by atoms with Crippen LogP contribution >= 0.6 is 0 Å². The first-order valence-electron chi connectivity index (χ1n) is 10.3. The number of hydrogen-bond donors (Lipinski definition) is 1. The van der Waals surface area contributed by atoms with Crippen LogP contribution in [0.2, 0.25) is 0 Å². The Morgan fingerprint density at radius 2 is 2.03 bits per heavy atom. The standard InChI is InChI=1S/C22H29FN4O2/c1-26(21(28)12-15-27-14-5-7-22(27)29)13-4-2-3-6-19-16-20(25-24-19)17-8-10-18(23)11-9-17/h8-11,16H,2-7,12-15H2,1H3,(H,24,25). The number of benzene rings is 1. The van der Waals surface area contributed by atoms with Gasteiger partial charge in [0.1, 0.15) is 5.82 Å². The van der Waals surface area contributed by atoms with Crippen LogP contribution < -0.4 is 0 Å².